The molecule has 4 rings (SSSR count). The fourth-order valence-electron chi connectivity index (χ4n) is 3.10. The number of methoxy groups -OCH3 is 2. The summed E-state index contributed by atoms with van der Waals surface area (Å²) in [6.45, 7) is 3.69. The standard InChI is InChI=1S/C21H22FN7O3S2/c1-11-10-33-20(25-11)19-26-27-21(29(19)16-14(31-3)6-5-7-15(16)32-4)28-34-12(2)17(30)18-23-8-13(22)9-24-18/h5-10,12,17,30H,1-4H3,(H,27,28). The van der Waals surface area contributed by atoms with Crippen LogP contribution in [0.3, 0.4) is 0 Å². The molecule has 4 aromatic rings. The van der Waals surface area contributed by atoms with Crippen molar-refractivity contribution >= 4 is 29.2 Å². The van der Waals surface area contributed by atoms with Gasteiger partial charge in [-0.05, 0) is 37.9 Å². The topological polar surface area (TPSA) is 120 Å². The molecule has 178 valence electrons. The van der Waals surface area contributed by atoms with E-state index in [2.05, 4.69) is 29.9 Å². The lowest BCUT2D eigenvalue weighted by atomic mass is 10.2. The zero-order valence-corrected chi connectivity index (χ0v) is 20.4. The molecule has 10 nitrogen and oxygen atoms in total. The van der Waals surface area contributed by atoms with Crippen LogP contribution in [0.2, 0.25) is 0 Å². The van der Waals surface area contributed by atoms with Crippen LogP contribution in [0.1, 0.15) is 24.5 Å². The van der Waals surface area contributed by atoms with Gasteiger partial charge in [-0.25, -0.2) is 19.3 Å². The Bertz CT molecular complexity index is 1240. The fourth-order valence-corrected chi connectivity index (χ4v) is 4.55. The number of thiazole rings is 1. The van der Waals surface area contributed by atoms with Crippen molar-refractivity contribution in [2.45, 2.75) is 25.2 Å². The molecule has 0 aliphatic rings. The van der Waals surface area contributed by atoms with E-state index >= 15 is 0 Å². The van der Waals surface area contributed by atoms with E-state index in [9.17, 15) is 9.50 Å². The summed E-state index contributed by atoms with van der Waals surface area (Å²) in [5.41, 5.74) is 1.46. The number of ether oxygens (including phenoxy) is 2. The second-order valence-corrected chi connectivity index (χ2v) is 9.16. The lowest BCUT2D eigenvalue weighted by molar-refractivity contribution is 0.169. The van der Waals surface area contributed by atoms with Crippen LogP contribution >= 0.6 is 23.3 Å². The van der Waals surface area contributed by atoms with Gasteiger partial charge in [0.2, 0.25) is 5.95 Å². The summed E-state index contributed by atoms with van der Waals surface area (Å²) in [4.78, 5) is 12.3. The van der Waals surface area contributed by atoms with Crippen LogP contribution in [-0.4, -0.2) is 54.3 Å². The number of nitrogens with one attached hydrogen (secondary N) is 1. The number of aryl methyl sites for hydroxylation is 1. The molecule has 0 saturated carbocycles. The monoisotopic (exact) mass is 503 g/mol. The number of aromatic nitrogens is 6. The molecule has 3 heterocycles. The minimum absolute atomic E-state index is 0.120. The van der Waals surface area contributed by atoms with Crippen LogP contribution in [0, 0.1) is 12.7 Å². The minimum Gasteiger partial charge on any atom is -0.494 e. The molecule has 2 N–H and O–H groups in total. The highest BCUT2D eigenvalue weighted by Gasteiger charge is 2.26. The first kappa shape index (κ1) is 23.9. The molecule has 2 atom stereocenters. The third-order valence-electron chi connectivity index (χ3n) is 4.78. The van der Waals surface area contributed by atoms with E-state index in [4.69, 9.17) is 9.47 Å². The molecule has 0 saturated heterocycles. The van der Waals surface area contributed by atoms with Crippen LogP contribution in [0.25, 0.3) is 16.5 Å². The fraction of sp³-hybridized carbons (Fsp3) is 0.286. The predicted molar refractivity (Wildman–Crippen MR) is 128 cm³/mol. The molecule has 0 aliphatic heterocycles. The Balaban J connectivity index is 1.70. The summed E-state index contributed by atoms with van der Waals surface area (Å²) in [5.74, 6) is 1.52. The number of aliphatic hydroxyl groups excluding tert-OH is 1. The molecular formula is C21H22FN7O3S2. The predicted octanol–water partition coefficient (Wildman–Crippen LogP) is 3.83. The van der Waals surface area contributed by atoms with Crippen molar-refractivity contribution in [2.24, 2.45) is 0 Å². The van der Waals surface area contributed by atoms with Gasteiger partial charge < -0.3 is 14.6 Å². The summed E-state index contributed by atoms with van der Waals surface area (Å²) in [5, 5.41) is 21.5. The van der Waals surface area contributed by atoms with Crippen molar-refractivity contribution in [3.05, 3.63) is 53.3 Å². The third-order valence-corrected chi connectivity index (χ3v) is 6.67. The zero-order valence-electron chi connectivity index (χ0n) is 18.8. The summed E-state index contributed by atoms with van der Waals surface area (Å²) < 4.78 is 29.2. The van der Waals surface area contributed by atoms with Gasteiger partial charge in [-0.2, -0.15) is 0 Å². The minimum atomic E-state index is -1.05. The second-order valence-electron chi connectivity index (χ2n) is 7.12. The normalized spacial score (nSPS) is 12.9. The molecule has 0 spiro atoms. The number of hydrogen-bond acceptors (Lipinski definition) is 11. The number of hydrogen-bond donors (Lipinski definition) is 2. The van der Waals surface area contributed by atoms with Crippen LogP contribution in [-0.2, 0) is 0 Å². The number of para-hydroxylation sites is 1. The van der Waals surface area contributed by atoms with Gasteiger partial charge in [0.15, 0.2) is 22.5 Å². The summed E-state index contributed by atoms with van der Waals surface area (Å²) >= 11 is 2.63. The lowest BCUT2D eigenvalue weighted by Gasteiger charge is -2.19. The Labute approximate surface area is 203 Å². The van der Waals surface area contributed by atoms with Crippen LogP contribution in [0.5, 0.6) is 11.5 Å². The maximum Gasteiger partial charge on any atom is 0.239 e. The first-order valence-corrected chi connectivity index (χ1v) is 11.8. The molecular weight excluding hydrogens is 481 g/mol. The number of anilines is 1. The largest absolute Gasteiger partial charge is 0.494 e. The number of aliphatic hydroxyl groups is 1. The van der Waals surface area contributed by atoms with E-state index in [1.54, 1.807) is 25.7 Å². The van der Waals surface area contributed by atoms with E-state index in [0.29, 0.717) is 34.0 Å². The second kappa shape index (κ2) is 10.3. The average molecular weight is 504 g/mol. The van der Waals surface area contributed by atoms with Gasteiger partial charge in [0.25, 0.3) is 0 Å². The summed E-state index contributed by atoms with van der Waals surface area (Å²) in [7, 11) is 3.14. The highest BCUT2D eigenvalue weighted by atomic mass is 32.2. The van der Waals surface area contributed by atoms with Gasteiger partial charge in [0.1, 0.15) is 23.3 Å². The number of halogens is 1. The molecule has 0 fully saturated rings. The van der Waals surface area contributed by atoms with Gasteiger partial charge in [-0.15, -0.1) is 21.5 Å². The first-order valence-electron chi connectivity index (χ1n) is 10.1. The summed E-state index contributed by atoms with van der Waals surface area (Å²) in [6.07, 6.45) is 0.989. The van der Waals surface area contributed by atoms with Crippen molar-refractivity contribution < 1.29 is 19.0 Å². The smallest absolute Gasteiger partial charge is 0.239 e. The molecule has 0 radical (unpaired) electrons. The average Bonchev–Trinajstić information content (AvgIpc) is 3.47. The van der Waals surface area contributed by atoms with Crippen LogP contribution in [0.4, 0.5) is 10.3 Å². The van der Waals surface area contributed by atoms with Crippen molar-refractivity contribution in [3.8, 4) is 28.0 Å². The Hall–Kier alpha value is -3.29. The molecule has 1 aromatic carbocycles. The quantitative estimate of drug-likeness (QED) is 0.326. The molecule has 0 amide bonds. The Morgan fingerprint density at radius 3 is 2.41 bits per heavy atom. The SMILES string of the molecule is COc1cccc(OC)c1-n1c(NSC(C)C(O)c2ncc(F)cn2)nnc1-c1nc(C)cs1. The third kappa shape index (κ3) is 4.81. The van der Waals surface area contributed by atoms with E-state index in [1.807, 2.05) is 30.5 Å². The van der Waals surface area contributed by atoms with Crippen LogP contribution in [0.15, 0.2) is 36.0 Å². The van der Waals surface area contributed by atoms with Gasteiger partial charge in [-0.1, -0.05) is 6.07 Å². The van der Waals surface area contributed by atoms with Crippen LogP contribution < -0.4 is 14.2 Å². The molecule has 2 unspecified atom stereocenters. The molecule has 13 heteroatoms. The number of benzene rings is 1. The van der Waals surface area contributed by atoms with E-state index in [1.165, 1.54) is 23.3 Å². The van der Waals surface area contributed by atoms with Crippen molar-refractivity contribution in [2.75, 3.05) is 18.9 Å². The highest BCUT2D eigenvalue weighted by Crippen LogP contribution is 2.39. The van der Waals surface area contributed by atoms with Crippen molar-refractivity contribution in [3.63, 3.8) is 0 Å². The van der Waals surface area contributed by atoms with E-state index < -0.39 is 17.2 Å². The van der Waals surface area contributed by atoms with Crippen molar-refractivity contribution in [1.29, 1.82) is 0 Å². The Kier molecular flexibility index (Phi) is 7.24. The van der Waals surface area contributed by atoms with Gasteiger partial charge in [0, 0.05) is 11.1 Å². The molecule has 3 aromatic heterocycles. The van der Waals surface area contributed by atoms with E-state index in [0.717, 1.165) is 18.1 Å². The first-order chi connectivity index (χ1) is 16.4. The van der Waals surface area contributed by atoms with Crippen molar-refractivity contribution in [1.82, 2.24) is 29.7 Å². The number of rotatable bonds is 9. The summed E-state index contributed by atoms with van der Waals surface area (Å²) in [6, 6.07) is 5.44. The zero-order chi connectivity index (χ0) is 24.2. The van der Waals surface area contributed by atoms with E-state index in [-0.39, 0.29) is 5.82 Å². The lowest BCUT2D eigenvalue weighted by Crippen LogP contribution is -2.17. The number of nitrogens with zero attached hydrogens (tertiary/aromatic N) is 6. The highest BCUT2D eigenvalue weighted by molar-refractivity contribution is 8.01. The van der Waals surface area contributed by atoms with Gasteiger partial charge >= 0.3 is 0 Å². The molecule has 34 heavy (non-hydrogen) atoms. The molecule has 0 aliphatic carbocycles. The molecule has 0 bridgehead atoms. The van der Waals surface area contributed by atoms with Gasteiger partial charge in [-0.3, -0.25) is 9.29 Å². The maximum atomic E-state index is 13.1. The maximum absolute atomic E-state index is 13.1. The Morgan fingerprint density at radius 1 is 1.15 bits per heavy atom. The Morgan fingerprint density at radius 2 is 1.82 bits per heavy atom. The van der Waals surface area contributed by atoms with Gasteiger partial charge in [0.05, 0.1) is 31.9 Å².